The molecule has 0 saturated heterocycles. The number of fused-ring (bicyclic) bond motifs is 1. The van der Waals surface area contributed by atoms with Crippen LogP contribution in [0, 0.1) is 13.8 Å². The number of benzene rings is 1. The largest absolute Gasteiger partial charge is 0.329 e. The lowest BCUT2D eigenvalue weighted by Gasteiger charge is -2.06. The maximum absolute atomic E-state index is 5.53. The van der Waals surface area contributed by atoms with Crippen molar-refractivity contribution >= 4 is 11.0 Å². The standard InChI is InChI=1S/C14H18N6/c1-10-5-13-14(6-11(10)2)19(9-16-13)3-4-20-8-12(7-15)17-18-20/h5-6,8-9H,3-4,7,15H2,1-2H3. The van der Waals surface area contributed by atoms with E-state index < -0.39 is 0 Å². The van der Waals surface area contributed by atoms with Crippen molar-refractivity contribution in [2.24, 2.45) is 5.73 Å². The molecular formula is C14H18N6. The Morgan fingerprint density at radius 2 is 1.95 bits per heavy atom. The summed E-state index contributed by atoms with van der Waals surface area (Å²) in [7, 11) is 0. The van der Waals surface area contributed by atoms with Crippen molar-refractivity contribution in [2.75, 3.05) is 0 Å². The Balaban J connectivity index is 1.82. The first-order valence-corrected chi connectivity index (χ1v) is 6.68. The summed E-state index contributed by atoms with van der Waals surface area (Å²) in [6.45, 7) is 6.22. The van der Waals surface area contributed by atoms with Crippen LogP contribution >= 0.6 is 0 Å². The van der Waals surface area contributed by atoms with Crippen LogP contribution in [0.25, 0.3) is 11.0 Å². The Kier molecular flexibility index (Phi) is 3.23. The van der Waals surface area contributed by atoms with Crippen LogP contribution in [-0.4, -0.2) is 24.5 Å². The maximum atomic E-state index is 5.53. The van der Waals surface area contributed by atoms with E-state index >= 15 is 0 Å². The zero-order chi connectivity index (χ0) is 14.1. The molecule has 0 fully saturated rings. The minimum atomic E-state index is 0.423. The first-order valence-electron chi connectivity index (χ1n) is 6.68. The molecule has 0 unspecified atom stereocenters. The van der Waals surface area contributed by atoms with E-state index in [0.29, 0.717) is 6.54 Å². The van der Waals surface area contributed by atoms with E-state index in [-0.39, 0.29) is 0 Å². The average molecular weight is 270 g/mol. The molecule has 2 N–H and O–H groups in total. The van der Waals surface area contributed by atoms with Gasteiger partial charge in [0.2, 0.25) is 0 Å². The summed E-state index contributed by atoms with van der Waals surface area (Å²) in [6.07, 6.45) is 3.76. The lowest BCUT2D eigenvalue weighted by atomic mass is 10.1. The normalized spacial score (nSPS) is 11.3. The second-order valence-electron chi connectivity index (χ2n) is 5.04. The van der Waals surface area contributed by atoms with Crippen molar-refractivity contribution in [3.8, 4) is 0 Å². The molecule has 0 radical (unpaired) electrons. The molecule has 104 valence electrons. The van der Waals surface area contributed by atoms with Gasteiger partial charge in [-0.1, -0.05) is 5.21 Å². The smallest absolute Gasteiger partial charge is 0.0962 e. The summed E-state index contributed by atoms with van der Waals surface area (Å²) in [4.78, 5) is 4.45. The van der Waals surface area contributed by atoms with Crippen LogP contribution in [0.15, 0.2) is 24.7 Å². The fourth-order valence-corrected chi connectivity index (χ4v) is 2.24. The highest BCUT2D eigenvalue weighted by molar-refractivity contribution is 5.77. The third kappa shape index (κ3) is 2.30. The van der Waals surface area contributed by atoms with Crippen LogP contribution in [0.2, 0.25) is 0 Å². The number of hydrogen-bond donors (Lipinski definition) is 1. The molecule has 3 rings (SSSR count). The van der Waals surface area contributed by atoms with Crippen molar-refractivity contribution in [3.05, 3.63) is 41.5 Å². The Labute approximate surface area is 117 Å². The summed E-state index contributed by atoms with van der Waals surface area (Å²) in [5.74, 6) is 0. The van der Waals surface area contributed by atoms with E-state index in [4.69, 9.17) is 5.73 Å². The molecule has 0 spiro atoms. The number of nitrogens with zero attached hydrogens (tertiary/aromatic N) is 5. The molecule has 1 aromatic carbocycles. The van der Waals surface area contributed by atoms with E-state index in [1.807, 2.05) is 17.2 Å². The summed E-state index contributed by atoms with van der Waals surface area (Å²) >= 11 is 0. The monoisotopic (exact) mass is 270 g/mol. The topological polar surface area (TPSA) is 74.5 Å². The van der Waals surface area contributed by atoms with E-state index in [2.05, 4.69) is 45.8 Å². The highest BCUT2D eigenvalue weighted by atomic mass is 15.4. The lowest BCUT2D eigenvalue weighted by molar-refractivity contribution is 0.526. The number of aromatic nitrogens is 5. The van der Waals surface area contributed by atoms with Crippen LogP contribution in [-0.2, 0) is 19.6 Å². The lowest BCUT2D eigenvalue weighted by Crippen LogP contribution is -2.07. The van der Waals surface area contributed by atoms with Crippen LogP contribution in [0.1, 0.15) is 16.8 Å². The molecule has 3 aromatic rings. The van der Waals surface area contributed by atoms with Crippen LogP contribution in [0.5, 0.6) is 0 Å². The highest BCUT2D eigenvalue weighted by Crippen LogP contribution is 2.18. The van der Waals surface area contributed by atoms with Crippen molar-refractivity contribution in [1.29, 1.82) is 0 Å². The van der Waals surface area contributed by atoms with E-state index in [0.717, 1.165) is 29.8 Å². The Morgan fingerprint density at radius 1 is 1.15 bits per heavy atom. The van der Waals surface area contributed by atoms with Gasteiger partial charge in [-0.15, -0.1) is 5.10 Å². The molecule has 6 nitrogen and oxygen atoms in total. The van der Waals surface area contributed by atoms with E-state index in [9.17, 15) is 0 Å². The van der Waals surface area contributed by atoms with Gasteiger partial charge in [-0.05, 0) is 37.1 Å². The zero-order valence-corrected chi connectivity index (χ0v) is 11.7. The number of aryl methyl sites for hydroxylation is 4. The molecule has 0 amide bonds. The van der Waals surface area contributed by atoms with Gasteiger partial charge in [-0.3, -0.25) is 4.68 Å². The number of nitrogens with two attached hydrogens (primary N) is 1. The van der Waals surface area contributed by atoms with Gasteiger partial charge < -0.3 is 10.3 Å². The Hall–Kier alpha value is -2.21. The minimum Gasteiger partial charge on any atom is -0.329 e. The summed E-state index contributed by atoms with van der Waals surface area (Å²) in [5, 5.41) is 8.04. The Bertz CT molecular complexity index is 739. The van der Waals surface area contributed by atoms with Crippen molar-refractivity contribution in [2.45, 2.75) is 33.5 Å². The summed E-state index contributed by atoms with van der Waals surface area (Å²) in [5.41, 5.74) is 11.1. The third-order valence-electron chi connectivity index (χ3n) is 3.60. The molecule has 0 aliphatic carbocycles. The molecule has 0 saturated carbocycles. The number of rotatable bonds is 4. The van der Waals surface area contributed by atoms with E-state index in [1.54, 1.807) is 0 Å². The predicted octanol–water partition coefficient (Wildman–Crippen LogP) is 1.40. The van der Waals surface area contributed by atoms with Gasteiger partial charge in [0, 0.05) is 19.3 Å². The van der Waals surface area contributed by atoms with Gasteiger partial charge in [0.15, 0.2) is 0 Å². The molecular weight excluding hydrogens is 252 g/mol. The predicted molar refractivity (Wildman–Crippen MR) is 77.1 cm³/mol. The number of imidazole rings is 1. The summed E-state index contributed by atoms with van der Waals surface area (Å²) < 4.78 is 3.96. The van der Waals surface area contributed by atoms with Crippen molar-refractivity contribution in [1.82, 2.24) is 24.5 Å². The fourth-order valence-electron chi connectivity index (χ4n) is 2.24. The molecule has 2 heterocycles. The van der Waals surface area contributed by atoms with E-state index in [1.165, 1.54) is 11.1 Å². The fraction of sp³-hybridized carbons (Fsp3) is 0.357. The average Bonchev–Trinajstić information content (AvgIpc) is 3.04. The molecule has 6 heteroatoms. The molecule has 20 heavy (non-hydrogen) atoms. The van der Waals surface area contributed by atoms with Crippen molar-refractivity contribution in [3.63, 3.8) is 0 Å². The quantitative estimate of drug-likeness (QED) is 0.777. The van der Waals surface area contributed by atoms with Gasteiger partial charge in [-0.2, -0.15) is 0 Å². The molecule has 0 aliphatic rings. The molecule has 0 atom stereocenters. The first kappa shape index (κ1) is 12.8. The molecule has 2 aromatic heterocycles. The Morgan fingerprint density at radius 3 is 2.70 bits per heavy atom. The molecule has 0 bridgehead atoms. The van der Waals surface area contributed by atoms with Gasteiger partial charge in [0.1, 0.15) is 0 Å². The second-order valence-corrected chi connectivity index (χ2v) is 5.04. The number of hydrogen-bond acceptors (Lipinski definition) is 4. The van der Waals surface area contributed by atoms with Gasteiger partial charge >= 0.3 is 0 Å². The SMILES string of the molecule is Cc1cc2ncn(CCn3cc(CN)nn3)c2cc1C. The third-order valence-corrected chi connectivity index (χ3v) is 3.60. The van der Waals surface area contributed by atoms with Gasteiger partial charge in [-0.25, -0.2) is 4.98 Å². The second kappa shape index (κ2) is 5.05. The molecule has 0 aliphatic heterocycles. The first-order chi connectivity index (χ1) is 9.67. The van der Waals surface area contributed by atoms with Crippen molar-refractivity contribution < 1.29 is 0 Å². The van der Waals surface area contributed by atoms with Crippen LogP contribution < -0.4 is 5.73 Å². The zero-order valence-electron chi connectivity index (χ0n) is 11.7. The van der Waals surface area contributed by atoms with Gasteiger partial charge in [0.25, 0.3) is 0 Å². The summed E-state index contributed by atoms with van der Waals surface area (Å²) in [6, 6.07) is 4.31. The minimum absolute atomic E-state index is 0.423. The van der Waals surface area contributed by atoms with Gasteiger partial charge in [0.05, 0.1) is 29.6 Å². The highest BCUT2D eigenvalue weighted by Gasteiger charge is 2.05. The maximum Gasteiger partial charge on any atom is 0.0962 e. The van der Waals surface area contributed by atoms with Crippen LogP contribution in [0.4, 0.5) is 0 Å². The van der Waals surface area contributed by atoms with Crippen LogP contribution in [0.3, 0.4) is 0 Å².